The van der Waals surface area contributed by atoms with Gasteiger partial charge in [0, 0.05) is 10.5 Å². The second kappa shape index (κ2) is 4.80. The maximum Gasteiger partial charge on any atom is 0.253 e. The monoisotopic (exact) mass is 275 g/mol. The molecule has 0 unspecified atom stereocenters. The summed E-state index contributed by atoms with van der Waals surface area (Å²) in [6.45, 7) is 3.81. The van der Waals surface area contributed by atoms with Gasteiger partial charge in [-0.05, 0) is 41.9 Å². The van der Waals surface area contributed by atoms with Crippen molar-refractivity contribution in [1.82, 2.24) is 5.32 Å². The Bertz CT molecular complexity index is 352. The van der Waals surface area contributed by atoms with Crippen molar-refractivity contribution in [1.29, 1.82) is 0 Å². The minimum atomic E-state index is -0.147. The molecule has 0 atom stereocenters. The van der Waals surface area contributed by atoms with E-state index in [-0.39, 0.29) is 11.9 Å². The van der Waals surface area contributed by atoms with E-state index in [9.17, 15) is 4.79 Å². The maximum absolute atomic E-state index is 11.6. The first-order valence-electron chi connectivity index (χ1n) is 4.27. The largest absolute Gasteiger partial charge is 0.350 e. The quantitative estimate of drug-likeness (QED) is 0.883. The van der Waals surface area contributed by atoms with Gasteiger partial charge in [-0.3, -0.25) is 4.79 Å². The molecule has 0 spiro atoms. The first-order valence-corrected chi connectivity index (χ1v) is 5.44. The summed E-state index contributed by atoms with van der Waals surface area (Å²) in [6.07, 6.45) is 0. The maximum atomic E-state index is 11.6. The molecule has 1 amide bonds. The molecule has 0 aliphatic carbocycles. The van der Waals surface area contributed by atoms with Crippen molar-refractivity contribution in [3.63, 3.8) is 0 Å². The Balaban J connectivity index is 2.96. The fourth-order valence-electron chi connectivity index (χ4n) is 1.02. The van der Waals surface area contributed by atoms with Crippen LogP contribution in [0.5, 0.6) is 0 Å². The summed E-state index contributed by atoms with van der Waals surface area (Å²) < 4.78 is 0.732. The molecule has 0 aromatic heterocycles. The fourth-order valence-corrected chi connectivity index (χ4v) is 1.60. The lowest BCUT2D eigenvalue weighted by molar-refractivity contribution is 0.0943. The number of carbonyl (C=O) groups is 1. The summed E-state index contributed by atoms with van der Waals surface area (Å²) >= 11 is 9.23. The topological polar surface area (TPSA) is 29.1 Å². The standard InChI is InChI=1S/C10H11BrClNO/c1-6(2)13-10(14)7-4-3-5-8(11)9(7)12/h3-6H,1-2H3,(H,13,14). The number of amides is 1. The molecule has 1 rings (SSSR count). The highest BCUT2D eigenvalue weighted by Crippen LogP contribution is 2.25. The molecule has 14 heavy (non-hydrogen) atoms. The Morgan fingerprint density at radius 2 is 2.14 bits per heavy atom. The molecular formula is C10H11BrClNO. The van der Waals surface area contributed by atoms with Gasteiger partial charge in [0.15, 0.2) is 0 Å². The lowest BCUT2D eigenvalue weighted by Gasteiger charge is -2.09. The molecule has 4 heteroatoms. The van der Waals surface area contributed by atoms with Gasteiger partial charge in [-0.1, -0.05) is 17.7 Å². The van der Waals surface area contributed by atoms with Crippen LogP contribution in [0.4, 0.5) is 0 Å². The molecule has 0 fully saturated rings. The summed E-state index contributed by atoms with van der Waals surface area (Å²) in [5, 5.41) is 3.23. The van der Waals surface area contributed by atoms with Crippen LogP contribution < -0.4 is 5.32 Å². The molecule has 0 aliphatic heterocycles. The second-order valence-electron chi connectivity index (χ2n) is 3.23. The molecule has 0 bridgehead atoms. The van der Waals surface area contributed by atoms with Crippen molar-refractivity contribution in [2.75, 3.05) is 0 Å². The van der Waals surface area contributed by atoms with Gasteiger partial charge >= 0.3 is 0 Å². The van der Waals surface area contributed by atoms with Gasteiger partial charge in [-0.25, -0.2) is 0 Å². The zero-order chi connectivity index (χ0) is 10.7. The number of carbonyl (C=O) groups excluding carboxylic acids is 1. The zero-order valence-corrected chi connectivity index (χ0v) is 10.3. The van der Waals surface area contributed by atoms with E-state index in [0.29, 0.717) is 10.6 Å². The van der Waals surface area contributed by atoms with Crippen LogP contribution >= 0.6 is 27.5 Å². The van der Waals surface area contributed by atoms with Crippen LogP contribution in [0, 0.1) is 0 Å². The van der Waals surface area contributed by atoms with Crippen LogP contribution in [0.1, 0.15) is 24.2 Å². The van der Waals surface area contributed by atoms with Gasteiger partial charge in [0.05, 0.1) is 10.6 Å². The Hall–Kier alpha value is -0.540. The average molecular weight is 277 g/mol. The Labute approximate surface area is 96.8 Å². The van der Waals surface area contributed by atoms with Gasteiger partial charge in [0.25, 0.3) is 5.91 Å². The number of rotatable bonds is 2. The van der Waals surface area contributed by atoms with E-state index in [1.165, 1.54) is 0 Å². The summed E-state index contributed by atoms with van der Waals surface area (Å²) in [5.41, 5.74) is 0.495. The Kier molecular flexibility index (Phi) is 3.96. The summed E-state index contributed by atoms with van der Waals surface area (Å²) in [7, 11) is 0. The van der Waals surface area contributed by atoms with E-state index in [1.807, 2.05) is 13.8 Å². The molecule has 0 saturated carbocycles. The van der Waals surface area contributed by atoms with Crippen molar-refractivity contribution in [2.45, 2.75) is 19.9 Å². The highest BCUT2D eigenvalue weighted by atomic mass is 79.9. The van der Waals surface area contributed by atoms with E-state index >= 15 is 0 Å². The summed E-state index contributed by atoms with van der Waals surface area (Å²) in [5.74, 6) is -0.147. The highest BCUT2D eigenvalue weighted by molar-refractivity contribution is 9.10. The molecule has 1 aromatic rings. The van der Waals surface area contributed by atoms with Crippen molar-refractivity contribution in [3.8, 4) is 0 Å². The van der Waals surface area contributed by atoms with Crippen molar-refractivity contribution in [3.05, 3.63) is 33.3 Å². The van der Waals surface area contributed by atoms with Gasteiger partial charge in [-0.2, -0.15) is 0 Å². The molecule has 0 saturated heterocycles. The fraction of sp³-hybridized carbons (Fsp3) is 0.300. The number of halogens is 2. The van der Waals surface area contributed by atoms with Gasteiger partial charge < -0.3 is 5.32 Å². The summed E-state index contributed by atoms with van der Waals surface area (Å²) in [4.78, 5) is 11.6. The van der Waals surface area contributed by atoms with E-state index in [0.717, 1.165) is 4.47 Å². The van der Waals surface area contributed by atoms with Crippen LogP contribution in [0.3, 0.4) is 0 Å². The minimum absolute atomic E-state index is 0.109. The third-order valence-electron chi connectivity index (χ3n) is 1.62. The first kappa shape index (κ1) is 11.5. The van der Waals surface area contributed by atoms with Gasteiger partial charge in [0.2, 0.25) is 0 Å². The SMILES string of the molecule is CC(C)NC(=O)c1cccc(Br)c1Cl. The molecule has 0 heterocycles. The van der Waals surface area contributed by atoms with Crippen LogP contribution in [-0.4, -0.2) is 11.9 Å². The third kappa shape index (κ3) is 2.72. The van der Waals surface area contributed by atoms with Crippen LogP contribution in [0.2, 0.25) is 5.02 Å². The van der Waals surface area contributed by atoms with Crippen molar-refractivity contribution >= 4 is 33.4 Å². The zero-order valence-electron chi connectivity index (χ0n) is 7.97. The van der Waals surface area contributed by atoms with Crippen molar-refractivity contribution < 1.29 is 4.79 Å². The van der Waals surface area contributed by atoms with E-state index in [4.69, 9.17) is 11.6 Å². The lowest BCUT2D eigenvalue weighted by Crippen LogP contribution is -2.30. The Morgan fingerprint density at radius 1 is 1.50 bits per heavy atom. The molecule has 2 nitrogen and oxygen atoms in total. The lowest BCUT2D eigenvalue weighted by atomic mass is 10.2. The first-order chi connectivity index (χ1) is 6.52. The molecule has 0 aliphatic rings. The number of hydrogen-bond acceptors (Lipinski definition) is 1. The molecule has 76 valence electrons. The second-order valence-corrected chi connectivity index (χ2v) is 4.46. The molecular weight excluding hydrogens is 265 g/mol. The van der Waals surface area contributed by atoms with E-state index in [2.05, 4.69) is 21.2 Å². The minimum Gasteiger partial charge on any atom is -0.350 e. The van der Waals surface area contributed by atoms with Crippen LogP contribution in [0.25, 0.3) is 0 Å². The van der Waals surface area contributed by atoms with E-state index in [1.54, 1.807) is 18.2 Å². The predicted octanol–water partition coefficient (Wildman–Crippen LogP) is 3.24. The van der Waals surface area contributed by atoms with Gasteiger partial charge in [-0.15, -0.1) is 0 Å². The van der Waals surface area contributed by atoms with Crippen LogP contribution in [0.15, 0.2) is 22.7 Å². The molecule has 0 radical (unpaired) electrons. The highest BCUT2D eigenvalue weighted by Gasteiger charge is 2.12. The van der Waals surface area contributed by atoms with Gasteiger partial charge in [0.1, 0.15) is 0 Å². The molecule has 1 aromatic carbocycles. The van der Waals surface area contributed by atoms with E-state index < -0.39 is 0 Å². The predicted molar refractivity (Wildman–Crippen MR) is 61.8 cm³/mol. The third-order valence-corrected chi connectivity index (χ3v) is 2.91. The number of hydrogen-bond donors (Lipinski definition) is 1. The summed E-state index contributed by atoms with van der Waals surface area (Å²) in [6, 6.07) is 5.39. The average Bonchev–Trinajstić information content (AvgIpc) is 2.08. The van der Waals surface area contributed by atoms with Crippen LogP contribution in [-0.2, 0) is 0 Å². The number of benzene rings is 1. The molecule has 1 N–H and O–H groups in total. The van der Waals surface area contributed by atoms with Crippen molar-refractivity contribution in [2.24, 2.45) is 0 Å². The smallest absolute Gasteiger partial charge is 0.253 e. The number of nitrogens with one attached hydrogen (secondary N) is 1. The Morgan fingerprint density at radius 3 is 2.71 bits per heavy atom. The normalized spacial score (nSPS) is 10.4.